The highest BCUT2D eigenvalue weighted by Crippen LogP contribution is 2.51. The Morgan fingerprint density at radius 2 is 2.43 bits per heavy atom. The maximum Gasteiger partial charge on any atom is 0.167 e. The van der Waals surface area contributed by atoms with Crippen molar-refractivity contribution in [1.29, 1.82) is 0 Å². The summed E-state index contributed by atoms with van der Waals surface area (Å²) in [6.07, 6.45) is 7.71. The summed E-state index contributed by atoms with van der Waals surface area (Å²) in [5.74, 6) is 1.18. The summed E-state index contributed by atoms with van der Waals surface area (Å²) in [7, 11) is 2.04. The van der Waals surface area contributed by atoms with Crippen molar-refractivity contribution in [3.05, 3.63) is 12.4 Å². The predicted octanol–water partition coefficient (Wildman–Crippen LogP) is 1.64. The van der Waals surface area contributed by atoms with Crippen LogP contribution in [0.4, 0.5) is 0 Å². The molecular weight excluding hydrogens is 194 g/mol. The summed E-state index contributed by atoms with van der Waals surface area (Å²) in [5, 5.41) is 1.12. The van der Waals surface area contributed by atoms with E-state index < -0.39 is 0 Å². The Morgan fingerprint density at radius 1 is 1.64 bits per heavy atom. The highest BCUT2D eigenvalue weighted by Gasteiger charge is 2.41. The lowest BCUT2D eigenvalue weighted by Gasteiger charge is -2.12. The minimum absolute atomic E-state index is 0.547. The van der Waals surface area contributed by atoms with Crippen LogP contribution >= 0.6 is 11.8 Å². The molecule has 3 nitrogen and oxygen atoms in total. The van der Waals surface area contributed by atoms with Gasteiger partial charge in [0.15, 0.2) is 5.16 Å². The number of aryl methyl sites for hydroxylation is 1. The molecule has 0 bridgehead atoms. The molecule has 2 rings (SSSR count). The van der Waals surface area contributed by atoms with E-state index in [9.17, 15) is 0 Å². The first-order chi connectivity index (χ1) is 6.76. The van der Waals surface area contributed by atoms with Crippen molar-refractivity contribution in [2.45, 2.75) is 24.4 Å². The van der Waals surface area contributed by atoms with Crippen molar-refractivity contribution in [2.24, 2.45) is 18.2 Å². The lowest BCUT2D eigenvalue weighted by molar-refractivity contribution is 0.536. The fraction of sp³-hybridized carbons (Fsp3) is 0.700. The third kappa shape index (κ3) is 2.12. The van der Waals surface area contributed by atoms with Gasteiger partial charge in [0.2, 0.25) is 0 Å². The molecule has 2 N–H and O–H groups in total. The summed E-state index contributed by atoms with van der Waals surface area (Å²) in [6.45, 7) is 0.821. The van der Waals surface area contributed by atoms with Crippen LogP contribution in [-0.4, -0.2) is 21.8 Å². The van der Waals surface area contributed by atoms with Crippen LogP contribution in [0.2, 0.25) is 0 Å². The van der Waals surface area contributed by atoms with E-state index in [1.807, 2.05) is 31.2 Å². The first-order valence-corrected chi connectivity index (χ1v) is 6.05. The molecule has 0 atom stereocenters. The second-order valence-corrected chi connectivity index (χ2v) is 5.09. The molecule has 1 saturated carbocycles. The van der Waals surface area contributed by atoms with Crippen molar-refractivity contribution >= 4 is 11.8 Å². The highest BCUT2D eigenvalue weighted by atomic mass is 32.2. The summed E-state index contributed by atoms with van der Waals surface area (Å²) in [5.41, 5.74) is 6.15. The van der Waals surface area contributed by atoms with Gasteiger partial charge in [-0.3, -0.25) is 0 Å². The van der Waals surface area contributed by atoms with Crippen LogP contribution in [0.15, 0.2) is 17.6 Å². The van der Waals surface area contributed by atoms with Gasteiger partial charge < -0.3 is 10.3 Å². The lowest BCUT2D eigenvalue weighted by atomic mass is 10.1. The Hall–Kier alpha value is -0.480. The number of hydrogen-bond donors (Lipinski definition) is 1. The van der Waals surface area contributed by atoms with E-state index in [0.717, 1.165) is 11.7 Å². The SMILES string of the molecule is Cn1ccnc1SCC1(CCN)CC1. The van der Waals surface area contributed by atoms with Gasteiger partial charge >= 0.3 is 0 Å². The van der Waals surface area contributed by atoms with Gasteiger partial charge in [-0.15, -0.1) is 0 Å². The van der Waals surface area contributed by atoms with E-state index in [0.29, 0.717) is 5.41 Å². The van der Waals surface area contributed by atoms with E-state index in [1.165, 1.54) is 25.0 Å². The summed E-state index contributed by atoms with van der Waals surface area (Å²) >= 11 is 1.86. The zero-order chi connectivity index (χ0) is 10.0. The number of nitrogens with two attached hydrogens (primary N) is 1. The smallest absolute Gasteiger partial charge is 0.167 e. The molecule has 1 fully saturated rings. The molecule has 1 heterocycles. The number of thioether (sulfide) groups is 1. The van der Waals surface area contributed by atoms with Crippen LogP contribution in [0.5, 0.6) is 0 Å². The fourth-order valence-corrected chi connectivity index (χ4v) is 2.93. The van der Waals surface area contributed by atoms with Crippen molar-refractivity contribution in [2.75, 3.05) is 12.3 Å². The third-order valence-electron chi connectivity index (χ3n) is 2.92. The standard InChI is InChI=1S/C10H17N3S/c1-13-7-6-12-9(13)14-8-10(2-3-10)4-5-11/h6-7H,2-5,8,11H2,1H3. The van der Waals surface area contributed by atoms with Crippen LogP contribution in [0.3, 0.4) is 0 Å². The van der Waals surface area contributed by atoms with Crippen LogP contribution < -0.4 is 5.73 Å². The normalized spacial score (nSPS) is 18.4. The van der Waals surface area contributed by atoms with Crippen molar-refractivity contribution in [3.8, 4) is 0 Å². The van der Waals surface area contributed by atoms with Crippen LogP contribution in [-0.2, 0) is 7.05 Å². The molecule has 0 unspecified atom stereocenters. The number of hydrogen-bond acceptors (Lipinski definition) is 3. The first kappa shape index (κ1) is 10.1. The fourth-order valence-electron chi connectivity index (χ4n) is 1.66. The van der Waals surface area contributed by atoms with Crippen molar-refractivity contribution in [3.63, 3.8) is 0 Å². The van der Waals surface area contributed by atoms with Gasteiger partial charge in [0.25, 0.3) is 0 Å². The van der Waals surface area contributed by atoms with Crippen LogP contribution in [0.25, 0.3) is 0 Å². The zero-order valence-corrected chi connectivity index (χ0v) is 9.39. The Bertz CT molecular complexity index is 304. The number of nitrogens with zero attached hydrogens (tertiary/aromatic N) is 2. The molecule has 0 spiro atoms. The van der Waals surface area contributed by atoms with Crippen molar-refractivity contribution < 1.29 is 0 Å². The molecule has 1 aromatic heterocycles. The van der Waals surface area contributed by atoms with Crippen LogP contribution in [0, 0.1) is 5.41 Å². The summed E-state index contributed by atoms with van der Waals surface area (Å²) in [4.78, 5) is 4.30. The Labute approximate surface area is 89.1 Å². The van der Waals surface area contributed by atoms with E-state index in [2.05, 4.69) is 9.55 Å². The van der Waals surface area contributed by atoms with Gasteiger partial charge in [0.1, 0.15) is 0 Å². The molecule has 0 amide bonds. The number of rotatable bonds is 5. The number of imidazole rings is 1. The Kier molecular flexibility index (Phi) is 2.83. The van der Waals surface area contributed by atoms with Gasteiger partial charge in [-0.25, -0.2) is 4.98 Å². The molecule has 1 aliphatic carbocycles. The Morgan fingerprint density at radius 3 is 2.93 bits per heavy atom. The third-order valence-corrected chi connectivity index (χ3v) is 4.32. The van der Waals surface area contributed by atoms with E-state index in [-0.39, 0.29) is 0 Å². The maximum atomic E-state index is 5.60. The molecule has 0 saturated heterocycles. The molecular formula is C10H17N3S. The predicted molar refractivity (Wildman–Crippen MR) is 59.3 cm³/mol. The average Bonchev–Trinajstić information content (AvgIpc) is 2.81. The molecule has 0 aromatic carbocycles. The second-order valence-electron chi connectivity index (χ2n) is 4.15. The summed E-state index contributed by atoms with van der Waals surface area (Å²) in [6, 6.07) is 0. The van der Waals surface area contributed by atoms with Gasteiger partial charge in [-0.1, -0.05) is 11.8 Å². The molecule has 14 heavy (non-hydrogen) atoms. The molecule has 1 aromatic rings. The molecule has 4 heteroatoms. The first-order valence-electron chi connectivity index (χ1n) is 5.06. The molecule has 0 aliphatic heterocycles. The quantitative estimate of drug-likeness (QED) is 0.753. The average molecular weight is 211 g/mol. The minimum atomic E-state index is 0.547. The minimum Gasteiger partial charge on any atom is -0.330 e. The zero-order valence-electron chi connectivity index (χ0n) is 8.57. The van der Waals surface area contributed by atoms with E-state index >= 15 is 0 Å². The maximum absolute atomic E-state index is 5.60. The summed E-state index contributed by atoms with van der Waals surface area (Å²) < 4.78 is 2.07. The van der Waals surface area contributed by atoms with Gasteiger partial charge in [-0.2, -0.15) is 0 Å². The molecule has 78 valence electrons. The Balaban J connectivity index is 1.86. The van der Waals surface area contributed by atoms with Crippen LogP contribution in [0.1, 0.15) is 19.3 Å². The highest BCUT2D eigenvalue weighted by molar-refractivity contribution is 7.99. The van der Waals surface area contributed by atoms with E-state index in [4.69, 9.17) is 5.73 Å². The molecule has 0 radical (unpaired) electrons. The lowest BCUT2D eigenvalue weighted by Crippen LogP contribution is -2.12. The molecule has 1 aliphatic rings. The second kappa shape index (κ2) is 3.95. The van der Waals surface area contributed by atoms with Gasteiger partial charge in [0, 0.05) is 25.2 Å². The van der Waals surface area contributed by atoms with Gasteiger partial charge in [-0.05, 0) is 31.2 Å². The monoisotopic (exact) mass is 211 g/mol. The van der Waals surface area contributed by atoms with Gasteiger partial charge in [0.05, 0.1) is 0 Å². The topological polar surface area (TPSA) is 43.8 Å². The van der Waals surface area contributed by atoms with Crippen molar-refractivity contribution in [1.82, 2.24) is 9.55 Å². The van der Waals surface area contributed by atoms with E-state index in [1.54, 1.807) is 0 Å². The number of aromatic nitrogens is 2. The largest absolute Gasteiger partial charge is 0.330 e.